The number of benzene rings is 1. The fraction of sp³-hybridized carbons (Fsp3) is 0.176. The molecule has 0 fully saturated rings. The predicted molar refractivity (Wildman–Crippen MR) is 83.8 cm³/mol. The van der Waals surface area contributed by atoms with Crippen molar-refractivity contribution in [2.45, 2.75) is 19.8 Å². The lowest BCUT2D eigenvalue weighted by atomic mass is 10.3. The molecule has 2 aromatic heterocycles. The van der Waals surface area contributed by atoms with Crippen LogP contribution in [0.3, 0.4) is 0 Å². The lowest BCUT2D eigenvalue weighted by Crippen LogP contribution is -1.85. The van der Waals surface area contributed by atoms with Gasteiger partial charge < -0.3 is 0 Å². The molecule has 2 heterocycles. The Balaban J connectivity index is 1.65. The first-order valence-electron chi connectivity index (χ1n) is 6.58. The van der Waals surface area contributed by atoms with Crippen molar-refractivity contribution >= 4 is 21.6 Å². The molecular formula is C17H14N2S. The third-order valence-electron chi connectivity index (χ3n) is 2.91. The van der Waals surface area contributed by atoms with Gasteiger partial charge in [-0.2, -0.15) is 0 Å². The molecule has 3 rings (SSSR count). The minimum atomic E-state index is 0.815. The summed E-state index contributed by atoms with van der Waals surface area (Å²) in [4.78, 5) is 8.97. The van der Waals surface area contributed by atoms with E-state index in [0.717, 1.165) is 34.8 Å². The number of para-hydroxylation sites is 1. The normalized spacial score (nSPS) is 10.2. The van der Waals surface area contributed by atoms with Gasteiger partial charge in [0.1, 0.15) is 5.69 Å². The highest BCUT2D eigenvalue weighted by Gasteiger charge is 2.01. The summed E-state index contributed by atoms with van der Waals surface area (Å²) in [6, 6.07) is 14.1. The van der Waals surface area contributed by atoms with Crippen molar-refractivity contribution in [3.63, 3.8) is 0 Å². The second-order valence-corrected chi connectivity index (χ2v) is 5.66. The van der Waals surface area contributed by atoms with E-state index in [1.165, 1.54) is 4.70 Å². The minimum absolute atomic E-state index is 0.815. The molecule has 98 valence electrons. The van der Waals surface area contributed by atoms with Gasteiger partial charge >= 0.3 is 0 Å². The first kappa shape index (κ1) is 12.8. The predicted octanol–water partition coefficient (Wildman–Crippen LogP) is 3.98. The van der Waals surface area contributed by atoms with Crippen LogP contribution in [0.25, 0.3) is 10.2 Å². The van der Waals surface area contributed by atoms with E-state index < -0.39 is 0 Å². The number of aromatic nitrogens is 2. The van der Waals surface area contributed by atoms with Gasteiger partial charge in [-0.25, -0.2) is 9.97 Å². The van der Waals surface area contributed by atoms with Gasteiger partial charge in [0.25, 0.3) is 0 Å². The molecule has 1 aromatic carbocycles. The molecule has 0 unspecified atom stereocenters. The fourth-order valence-corrected chi connectivity index (χ4v) is 2.93. The van der Waals surface area contributed by atoms with Gasteiger partial charge in [-0.1, -0.05) is 24.1 Å². The molecule has 0 saturated carbocycles. The summed E-state index contributed by atoms with van der Waals surface area (Å²) in [6.45, 7) is 1.98. The highest BCUT2D eigenvalue weighted by Crippen LogP contribution is 2.22. The van der Waals surface area contributed by atoms with E-state index in [-0.39, 0.29) is 0 Å². The van der Waals surface area contributed by atoms with Crippen LogP contribution in [0.4, 0.5) is 0 Å². The van der Waals surface area contributed by atoms with Crippen LogP contribution in [0.15, 0.2) is 42.5 Å². The lowest BCUT2D eigenvalue weighted by Gasteiger charge is -1.91. The number of hydrogen-bond donors (Lipinski definition) is 0. The largest absolute Gasteiger partial charge is 0.245 e. The summed E-state index contributed by atoms with van der Waals surface area (Å²) in [6.07, 6.45) is 1.72. The molecule has 0 aliphatic carbocycles. The van der Waals surface area contributed by atoms with Crippen LogP contribution >= 0.6 is 11.3 Å². The fourth-order valence-electron chi connectivity index (χ4n) is 1.96. The van der Waals surface area contributed by atoms with E-state index in [2.05, 4.69) is 33.9 Å². The molecule has 0 aliphatic rings. The molecule has 0 atom stereocenters. The van der Waals surface area contributed by atoms with Crippen LogP contribution in [0.1, 0.15) is 22.8 Å². The number of rotatable bonds is 2. The maximum atomic E-state index is 4.61. The van der Waals surface area contributed by atoms with Crippen LogP contribution in [0.5, 0.6) is 0 Å². The zero-order valence-corrected chi connectivity index (χ0v) is 12.1. The topological polar surface area (TPSA) is 25.8 Å². The summed E-state index contributed by atoms with van der Waals surface area (Å²) in [5.41, 5.74) is 2.93. The van der Waals surface area contributed by atoms with Crippen molar-refractivity contribution in [2.75, 3.05) is 0 Å². The quantitative estimate of drug-likeness (QED) is 0.663. The van der Waals surface area contributed by atoms with Crippen molar-refractivity contribution in [3.05, 3.63) is 58.9 Å². The Bertz CT molecular complexity index is 760. The molecule has 0 aliphatic heterocycles. The highest BCUT2D eigenvalue weighted by molar-refractivity contribution is 7.18. The minimum Gasteiger partial charge on any atom is -0.245 e. The first-order valence-corrected chi connectivity index (χ1v) is 7.40. The Morgan fingerprint density at radius 3 is 2.80 bits per heavy atom. The number of nitrogens with zero attached hydrogens (tertiary/aromatic N) is 2. The number of hydrogen-bond acceptors (Lipinski definition) is 3. The van der Waals surface area contributed by atoms with Crippen LogP contribution in [-0.2, 0) is 6.42 Å². The number of pyridine rings is 1. The third-order valence-corrected chi connectivity index (χ3v) is 4.00. The van der Waals surface area contributed by atoms with E-state index in [0.29, 0.717) is 0 Å². The van der Waals surface area contributed by atoms with E-state index in [1.54, 1.807) is 11.3 Å². The van der Waals surface area contributed by atoms with Crippen molar-refractivity contribution in [1.82, 2.24) is 9.97 Å². The Morgan fingerprint density at radius 2 is 1.95 bits per heavy atom. The van der Waals surface area contributed by atoms with Crippen LogP contribution in [-0.4, -0.2) is 9.97 Å². The molecular weight excluding hydrogens is 264 g/mol. The molecule has 0 amide bonds. The monoisotopic (exact) mass is 278 g/mol. The molecule has 0 bridgehead atoms. The van der Waals surface area contributed by atoms with Gasteiger partial charge in [0.05, 0.1) is 15.2 Å². The second kappa shape index (κ2) is 5.85. The molecule has 0 radical (unpaired) electrons. The summed E-state index contributed by atoms with van der Waals surface area (Å²) in [5, 5.41) is 1.15. The Morgan fingerprint density at radius 1 is 1.05 bits per heavy atom. The van der Waals surface area contributed by atoms with Crippen molar-refractivity contribution in [3.8, 4) is 11.8 Å². The summed E-state index contributed by atoms with van der Waals surface area (Å²) < 4.78 is 1.25. The summed E-state index contributed by atoms with van der Waals surface area (Å²) in [7, 11) is 0. The average molecular weight is 278 g/mol. The standard InChI is InChI=1S/C17H14N2S/c1-13-7-6-9-14(18-13)8-2-5-12-17-19-15-10-3-4-11-16(15)20-17/h3-4,6-7,9-11H,5,12H2,1H3. The Hall–Kier alpha value is -2.18. The highest BCUT2D eigenvalue weighted by atomic mass is 32.1. The van der Waals surface area contributed by atoms with Gasteiger partial charge in [0.15, 0.2) is 0 Å². The number of aryl methyl sites for hydroxylation is 2. The molecule has 2 nitrogen and oxygen atoms in total. The van der Waals surface area contributed by atoms with Gasteiger partial charge in [-0.3, -0.25) is 0 Å². The third kappa shape index (κ3) is 3.04. The van der Waals surface area contributed by atoms with Gasteiger partial charge in [0.2, 0.25) is 0 Å². The molecule has 3 aromatic rings. The van der Waals surface area contributed by atoms with Crippen LogP contribution in [0, 0.1) is 18.8 Å². The van der Waals surface area contributed by atoms with E-state index in [9.17, 15) is 0 Å². The zero-order chi connectivity index (χ0) is 13.8. The zero-order valence-electron chi connectivity index (χ0n) is 11.3. The molecule has 20 heavy (non-hydrogen) atoms. The Labute approximate surface area is 122 Å². The van der Waals surface area contributed by atoms with Gasteiger partial charge in [-0.05, 0) is 37.1 Å². The van der Waals surface area contributed by atoms with Gasteiger partial charge in [-0.15, -0.1) is 11.3 Å². The average Bonchev–Trinajstić information content (AvgIpc) is 2.86. The molecule has 0 N–H and O–H groups in total. The summed E-state index contributed by atoms with van der Waals surface area (Å²) >= 11 is 1.75. The van der Waals surface area contributed by atoms with Crippen LogP contribution < -0.4 is 0 Å². The molecule has 3 heteroatoms. The SMILES string of the molecule is Cc1cccc(C#CCCc2nc3ccccc3s2)n1. The van der Waals surface area contributed by atoms with E-state index in [1.807, 2.05) is 37.3 Å². The Kier molecular flexibility index (Phi) is 3.76. The molecule has 0 saturated heterocycles. The van der Waals surface area contributed by atoms with Gasteiger partial charge in [0, 0.05) is 18.5 Å². The van der Waals surface area contributed by atoms with Crippen molar-refractivity contribution in [1.29, 1.82) is 0 Å². The van der Waals surface area contributed by atoms with E-state index >= 15 is 0 Å². The summed E-state index contributed by atoms with van der Waals surface area (Å²) in [5.74, 6) is 6.28. The first-order chi connectivity index (χ1) is 9.81. The smallest absolute Gasteiger partial charge is 0.113 e. The van der Waals surface area contributed by atoms with E-state index in [4.69, 9.17) is 0 Å². The van der Waals surface area contributed by atoms with Crippen molar-refractivity contribution in [2.24, 2.45) is 0 Å². The second-order valence-electron chi connectivity index (χ2n) is 4.54. The maximum absolute atomic E-state index is 4.61. The number of thiazole rings is 1. The lowest BCUT2D eigenvalue weighted by molar-refractivity contribution is 1.01. The van der Waals surface area contributed by atoms with Crippen LogP contribution in [0.2, 0.25) is 0 Å². The number of fused-ring (bicyclic) bond motifs is 1. The molecule has 0 spiro atoms. The maximum Gasteiger partial charge on any atom is 0.113 e. The van der Waals surface area contributed by atoms with Crippen molar-refractivity contribution < 1.29 is 0 Å².